The van der Waals surface area contributed by atoms with Gasteiger partial charge in [0.05, 0.1) is 13.2 Å². The molecule has 0 heterocycles. The quantitative estimate of drug-likeness (QED) is 0.344. The van der Waals surface area contributed by atoms with Crippen LogP contribution in [0.3, 0.4) is 0 Å². The summed E-state index contributed by atoms with van der Waals surface area (Å²) in [4.78, 5) is 0. The molecule has 2 unspecified atom stereocenters. The number of ether oxygens (including phenoxy) is 1. The van der Waals surface area contributed by atoms with Gasteiger partial charge in [0.15, 0.2) is 0 Å². The summed E-state index contributed by atoms with van der Waals surface area (Å²) in [5.74, 6) is 0. The van der Waals surface area contributed by atoms with E-state index in [1.54, 1.807) is 7.11 Å². The number of aliphatic hydroxyl groups is 3. The molecule has 0 saturated carbocycles. The second-order valence-corrected chi connectivity index (χ2v) is 14.2. The first-order chi connectivity index (χ1) is 11.9. The molecule has 25 heavy (non-hydrogen) atoms. The predicted molar refractivity (Wildman–Crippen MR) is 103 cm³/mol. The Labute approximate surface area is 152 Å². The third-order valence-corrected chi connectivity index (χ3v) is 12.2. The standard InChI is InChI=1S/C17H32O6Si2/c1-21-25(13-10-18,12-7-11-22-15-16(20)14-19)23-24(2,3)17-8-5-4-6-9-17/h4-6,8-9,16,18-20H,7,10-15H2,1-3H3. The molecule has 3 N–H and O–H groups in total. The number of rotatable bonds is 13. The maximum absolute atomic E-state index is 9.51. The summed E-state index contributed by atoms with van der Waals surface area (Å²) in [7, 11) is -3.05. The summed E-state index contributed by atoms with van der Waals surface area (Å²) in [6, 6.07) is 11.4. The largest absolute Gasteiger partial charge is 0.432 e. The molecule has 144 valence electrons. The number of hydrogen-bond acceptors (Lipinski definition) is 6. The van der Waals surface area contributed by atoms with E-state index in [1.807, 2.05) is 18.2 Å². The van der Waals surface area contributed by atoms with Gasteiger partial charge in [0.1, 0.15) is 6.10 Å². The van der Waals surface area contributed by atoms with E-state index in [1.165, 1.54) is 5.19 Å². The molecule has 8 heteroatoms. The van der Waals surface area contributed by atoms with E-state index in [-0.39, 0.29) is 19.8 Å². The van der Waals surface area contributed by atoms with Crippen molar-refractivity contribution in [2.45, 2.75) is 37.7 Å². The zero-order chi connectivity index (χ0) is 18.8. The van der Waals surface area contributed by atoms with Crippen LogP contribution in [0.25, 0.3) is 0 Å². The molecule has 0 bridgehead atoms. The lowest BCUT2D eigenvalue weighted by molar-refractivity contribution is 0.00616. The van der Waals surface area contributed by atoms with Gasteiger partial charge in [-0.05, 0) is 30.7 Å². The molecule has 0 aromatic heterocycles. The summed E-state index contributed by atoms with van der Waals surface area (Å²) in [5, 5.41) is 28.8. The van der Waals surface area contributed by atoms with Gasteiger partial charge < -0.3 is 28.6 Å². The maximum atomic E-state index is 9.51. The Bertz CT molecular complexity index is 473. The van der Waals surface area contributed by atoms with Crippen LogP contribution in [-0.2, 0) is 13.3 Å². The molecule has 1 aromatic carbocycles. The lowest BCUT2D eigenvalue weighted by Gasteiger charge is -2.37. The molecule has 1 rings (SSSR count). The summed E-state index contributed by atoms with van der Waals surface area (Å²) >= 11 is 0. The van der Waals surface area contributed by atoms with Gasteiger partial charge >= 0.3 is 8.56 Å². The minimum atomic E-state index is -2.55. The Hall–Kier alpha value is -0.586. The predicted octanol–water partition coefficient (Wildman–Crippen LogP) is 0.956. The Balaban J connectivity index is 2.68. The van der Waals surface area contributed by atoms with E-state index in [0.717, 1.165) is 6.42 Å². The minimum absolute atomic E-state index is 0.0312. The highest BCUT2D eigenvalue weighted by Crippen LogP contribution is 2.25. The smallest absolute Gasteiger partial charge is 0.330 e. The fourth-order valence-electron chi connectivity index (χ4n) is 2.72. The SMILES string of the molecule is CO[Si](CCO)(CCCOCC(O)CO)O[Si](C)(C)c1ccccc1. The van der Waals surface area contributed by atoms with Crippen LogP contribution in [0.5, 0.6) is 0 Å². The van der Waals surface area contributed by atoms with Crippen molar-refractivity contribution >= 4 is 22.1 Å². The highest BCUT2D eigenvalue weighted by Gasteiger charge is 2.42. The number of aliphatic hydroxyl groups excluding tert-OH is 3. The second-order valence-electron chi connectivity index (χ2n) is 6.58. The molecule has 0 radical (unpaired) electrons. The van der Waals surface area contributed by atoms with Gasteiger partial charge in [0.2, 0.25) is 8.32 Å². The van der Waals surface area contributed by atoms with Crippen molar-refractivity contribution in [2.24, 2.45) is 0 Å². The van der Waals surface area contributed by atoms with Gasteiger partial charge in [0.25, 0.3) is 0 Å². The van der Waals surface area contributed by atoms with E-state index in [9.17, 15) is 10.2 Å². The van der Waals surface area contributed by atoms with Crippen LogP contribution in [0, 0.1) is 0 Å². The molecule has 1 aromatic rings. The monoisotopic (exact) mass is 388 g/mol. The van der Waals surface area contributed by atoms with Gasteiger partial charge in [-0.3, -0.25) is 0 Å². The van der Waals surface area contributed by atoms with E-state index in [2.05, 4.69) is 25.2 Å². The van der Waals surface area contributed by atoms with Crippen molar-refractivity contribution in [1.29, 1.82) is 0 Å². The number of benzene rings is 1. The highest BCUT2D eigenvalue weighted by molar-refractivity contribution is 6.91. The molecule has 0 aliphatic rings. The summed E-state index contributed by atoms with van der Waals surface area (Å²) in [6.07, 6.45) is -0.125. The molecule has 0 aliphatic carbocycles. The van der Waals surface area contributed by atoms with E-state index in [4.69, 9.17) is 18.4 Å². The van der Waals surface area contributed by atoms with Crippen LogP contribution in [0.1, 0.15) is 6.42 Å². The summed E-state index contributed by atoms with van der Waals surface area (Å²) in [6.45, 7) is 4.59. The molecule has 0 amide bonds. The van der Waals surface area contributed by atoms with Crippen LogP contribution in [-0.4, -0.2) is 71.8 Å². The third kappa shape index (κ3) is 7.67. The fourth-order valence-corrected chi connectivity index (χ4v) is 10.7. The van der Waals surface area contributed by atoms with Crippen molar-refractivity contribution in [3.8, 4) is 0 Å². The number of hydrogen-bond donors (Lipinski definition) is 3. The zero-order valence-corrected chi connectivity index (χ0v) is 17.5. The van der Waals surface area contributed by atoms with Gasteiger partial charge in [0, 0.05) is 26.4 Å². The Kier molecular flexibility index (Phi) is 10.1. The second kappa shape index (κ2) is 11.2. The molecule has 0 saturated heterocycles. The highest BCUT2D eigenvalue weighted by atomic mass is 28.4. The lowest BCUT2D eigenvalue weighted by atomic mass is 10.4. The molecule has 2 atom stereocenters. The van der Waals surface area contributed by atoms with Crippen molar-refractivity contribution in [1.82, 2.24) is 0 Å². The molecular weight excluding hydrogens is 356 g/mol. The van der Waals surface area contributed by atoms with Crippen LogP contribution in [0.2, 0.25) is 25.2 Å². The first-order valence-electron chi connectivity index (χ1n) is 8.67. The van der Waals surface area contributed by atoms with Crippen molar-refractivity contribution in [3.05, 3.63) is 30.3 Å². The Morgan fingerprint density at radius 2 is 1.76 bits per heavy atom. The average Bonchev–Trinajstić information content (AvgIpc) is 2.61. The normalized spacial score (nSPS) is 15.8. The Morgan fingerprint density at radius 3 is 2.32 bits per heavy atom. The first-order valence-corrected chi connectivity index (χ1v) is 13.8. The van der Waals surface area contributed by atoms with Crippen LogP contribution in [0.15, 0.2) is 30.3 Å². The van der Waals surface area contributed by atoms with E-state index >= 15 is 0 Å². The molecule has 0 spiro atoms. The van der Waals surface area contributed by atoms with Gasteiger partial charge in [-0.1, -0.05) is 30.3 Å². The van der Waals surface area contributed by atoms with Crippen LogP contribution in [0.4, 0.5) is 0 Å². The zero-order valence-electron chi connectivity index (χ0n) is 15.5. The fraction of sp³-hybridized carbons (Fsp3) is 0.647. The topological polar surface area (TPSA) is 88.4 Å². The summed E-state index contributed by atoms with van der Waals surface area (Å²) in [5.41, 5.74) is 0. The van der Waals surface area contributed by atoms with E-state index < -0.39 is 23.0 Å². The van der Waals surface area contributed by atoms with Crippen molar-refractivity contribution < 1.29 is 28.6 Å². The van der Waals surface area contributed by atoms with Gasteiger partial charge in [-0.25, -0.2) is 0 Å². The van der Waals surface area contributed by atoms with Crippen LogP contribution < -0.4 is 5.19 Å². The van der Waals surface area contributed by atoms with E-state index in [0.29, 0.717) is 18.7 Å². The van der Waals surface area contributed by atoms with Gasteiger partial charge in [-0.2, -0.15) is 0 Å². The first kappa shape index (κ1) is 22.5. The molecule has 0 aliphatic heterocycles. The van der Waals surface area contributed by atoms with Crippen molar-refractivity contribution in [2.75, 3.05) is 33.5 Å². The summed E-state index contributed by atoms with van der Waals surface area (Å²) < 4.78 is 17.8. The molecule has 0 fully saturated rings. The van der Waals surface area contributed by atoms with Crippen LogP contribution >= 0.6 is 0 Å². The minimum Gasteiger partial charge on any atom is -0.432 e. The molecule has 6 nitrogen and oxygen atoms in total. The maximum Gasteiger partial charge on any atom is 0.330 e. The Morgan fingerprint density at radius 1 is 1.08 bits per heavy atom. The average molecular weight is 389 g/mol. The lowest BCUT2D eigenvalue weighted by Crippen LogP contribution is -2.56. The van der Waals surface area contributed by atoms with Crippen molar-refractivity contribution in [3.63, 3.8) is 0 Å². The molecular formula is C17H32O6Si2. The van der Waals surface area contributed by atoms with Gasteiger partial charge in [-0.15, -0.1) is 0 Å². The third-order valence-electron chi connectivity index (χ3n) is 4.14.